The van der Waals surface area contributed by atoms with E-state index >= 15 is 0 Å². The molecular formula is C54H68N6O8. The molecule has 2 fully saturated rings. The van der Waals surface area contributed by atoms with Gasteiger partial charge in [0.2, 0.25) is 0 Å². The second-order valence-electron chi connectivity index (χ2n) is 19.1. The van der Waals surface area contributed by atoms with Gasteiger partial charge in [0.05, 0.1) is 24.5 Å². The number of nitrogens with two attached hydrogens (primary N) is 1. The summed E-state index contributed by atoms with van der Waals surface area (Å²) in [6.07, 6.45) is 11.4. The summed E-state index contributed by atoms with van der Waals surface area (Å²) >= 11 is 0. The van der Waals surface area contributed by atoms with E-state index in [-0.39, 0.29) is 30.9 Å². The van der Waals surface area contributed by atoms with Gasteiger partial charge in [-0.15, -0.1) is 0 Å². The van der Waals surface area contributed by atoms with Gasteiger partial charge in [0, 0.05) is 43.2 Å². The highest BCUT2D eigenvalue weighted by atomic mass is 16.6. The van der Waals surface area contributed by atoms with Gasteiger partial charge in [-0.25, -0.2) is 14.4 Å². The molecule has 0 saturated carbocycles. The van der Waals surface area contributed by atoms with Crippen molar-refractivity contribution in [2.45, 2.75) is 110 Å². The van der Waals surface area contributed by atoms with E-state index in [1.54, 1.807) is 22.2 Å². The number of hydrogen-bond donors (Lipinski definition) is 2. The Hall–Kier alpha value is -6.67. The van der Waals surface area contributed by atoms with Crippen LogP contribution in [0.3, 0.4) is 0 Å². The maximum absolute atomic E-state index is 12.4. The van der Waals surface area contributed by atoms with E-state index < -0.39 is 17.3 Å². The summed E-state index contributed by atoms with van der Waals surface area (Å²) in [6, 6.07) is 30.3. The third kappa shape index (κ3) is 16.3. The van der Waals surface area contributed by atoms with Crippen molar-refractivity contribution in [3.63, 3.8) is 0 Å². The minimum atomic E-state index is -0.518. The zero-order valence-electron chi connectivity index (χ0n) is 40.4. The van der Waals surface area contributed by atoms with E-state index in [4.69, 9.17) is 29.4 Å². The van der Waals surface area contributed by atoms with Crippen molar-refractivity contribution in [3.05, 3.63) is 132 Å². The van der Waals surface area contributed by atoms with Gasteiger partial charge in [-0.1, -0.05) is 78.9 Å². The minimum absolute atomic E-state index is 0.00364. The molecule has 2 aliphatic heterocycles. The van der Waals surface area contributed by atoms with Crippen LogP contribution in [-0.4, -0.2) is 101 Å². The number of amides is 3. The van der Waals surface area contributed by atoms with E-state index in [0.717, 1.165) is 66.3 Å². The number of nitrogens with one attached hydrogen (secondary N) is 1. The monoisotopic (exact) mass is 929 g/mol. The predicted octanol–water partition coefficient (Wildman–Crippen LogP) is 10.0. The fourth-order valence-electron chi connectivity index (χ4n) is 7.42. The number of ether oxygens (including phenoxy) is 5. The van der Waals surface area contributed by atoms with Gasteiger partial charge in [0.1, 0.15) is 42.5 Å². The van der Waals surface area contributed by atoms with Crippen LogP contribution in [0.1, 0.15) is 83.9 Å². The molecule has 2 aromatic heterocycles. The molecule has 3 N–H and O–H groups in total. The Morgan fingerprint density at radius 2 is 1.10 bits per heavy atom. The third-order valence-electron chi connectivity index (χ3n) is 11.2. The molecule has 0 radical (unpaired) electrons. The topological polar surface area (TPSA) is 168 Å². The maximum atomic E-state index is 12.4. The van der Waals surface area contributed by atoms with Crippen molar-refractivity contribution in [1.82, 2.24) is 25.1 Å². The Balaban J connectivity index is 0.000000234. The van der Waals surface area contributed by atoms with Gasteiger partial charge in [-0.3, -0.25) is 9.97 Å². The number of aryl methyl sites for hydroxylation is 2. The number of rotatable bonds is 17. The van der Waals surface area contributed by atoms with Crippen molar-refractivity contribution >= 4 is 18.3 Å². The largest absolute Gasteiger partial charge is 0.490 e. The first-order chi connectivity index (χ1) is 32.6. The molecule has 2 aliphatic rings. The Morgan fingerprint density at radius 1 is 0.618 bits per heavy atom. The first kappa shape index (κ1) is 50.7. The smallest absolute Gasteiger partial charge is 0.410 e. The maximum Gasteiger partial charge on any atom is 0.410 e. The highest BCUT2D eigenvalue weighted by molar-refractivity contribution is 5.70. The summed E-state index contributed by atoms with van der Waals surface area (Å²) in [4.78, 5) is 48.7. The summed E-state index contributed by atoms with van der Waals surface area (Å²) in [5, 5.41) is 2.81. The molecule has 14 nitrogen and oxygen atoms in total. The van der Waals surface area contributed by atoms with Crippen molar-refractivity contribution in [1.29, 1.82) is 0 Å². The Labute approximate surface area is 401 Å². The molecule has 0 bridgehead atoms. The number of hydrogen-bond acceptors (Lipinski definition) is 11. The lowest BCUT2D eigenvalue weighted by Crippen LogP contribution is -2.55. The molecule has 3 amide bonds. The molecule has 0 unspecified atom stereocenters. The Kier molecular flexibility index (Phi) is 18.2. The minimum Gasteiger partial charge on any atom is -0.490 e. The number of pyridine rings is 2. The van der Waals surface area contributed by atoms with Crippen LogP contribution in [0.2, 0.25) is 0 Å². The molecule has 3 aromatic carbocycles. The third-order valence-corrected chi connectivity index (χ3v) is 11.2. The van der Waals surface area contributed by atoms with E-state index in [9.17, 15) is 14.4 Å². The number of aromatic nitrogens is 2. The highest BCUT2D eigenvalue weighted by Gasteiger charge is 2.37. The number of carbonyl (C=O) groups is 3. The van der Waals surface area contributed by atoms with Gasteiger partial charge in [-0.2, -0.15) is 0 Å². The van der Waals surface area contributed by atoms with E-state index in [2.05, 4.69) is 51.7 Å². The molecule has 0 aliphatic carbocycles. The fourth-order valence-corrected chi connectivity index (χ4v) is 7.42. The first-order valence-corrected chi connectivity index (χ1v) is 23.6. The lowest BCUT2D eigenvalue weighted by molar-refractivity contribution is -0.0149. The van der Waals surface area contributed by atoms with Crippen molar-refractivity contribution in [2.75, 3.05) is 39.4 Å². The molecule has 2 saturated heterocycles. The van der Waals surface area contributed by atoms with Crippen LogP contribution in [0.5, 0.6) is 11.5 Å². The average Bonchev–Trinajstić information content (AvgIpc) is 3.28. The van der Waals surface area contributed by atoms with Crippen LogP contribution in [0, 0.1) is 0 Å². The van der Waals surface area contributed by atoms with Crippen molar-refractivity contribution in [2.24, 2.45) is 5.73 Å². The first-order valence-electron chi connectivity index (χ1n) is 23.6. The zero-order chi connectivity index (χ0) is 48.5. The summed E-state index contributed by atoms with van der Waals surface area (Å²) in [5.74, 6) is 1.36. The molecule has 5 aromatic rings. The number of likely N-dealkylation sites (tertiary alicyclic amines) is 2. The van der Waals surface area contributed by atoms with Crippen LogP contribution >= 0.6 is 0 Å². The van der Waals surface area contributed by atoms with E-state index in [0.29, 0.717) is 50.9 Å². The molecule has 4 heterocycles. The zero-order valence-corrected chi connectivity index (χ0v) is 40.4. The van der Waals surface area contributed by atoms with Gasteiger partial charge in [0.25, 0.3) is 0 Å². The van der Waals surface area contributed by atoms with Gasteiger partial charge in [-0.05, 0) is 127 Å². The van der Waals surface area contributed by atoms with Crippen LogP contribution in [-0.2, 0) is 33.7 Å². The van der Waals surface area contributed by atoms with E-state index in [1.807, 2.05) is 109 Å². The quantitative estimate of drug-likeness (QED) is 0.0673. The van der Waals surface area contributed by atoms with E-state index in [1.165, 1.54) is 11.1 Å². The molecule has 68 heavy (non-hydrogen) atoms. The number of carbonyl (C=O) groups excluding carboxylic acids is 3. The molecule has 2 atom stereocenters. The lowest BCUT2D eigenvalue weighted by atomic mass is 10.0. The Morgan fingerprint density at radius 3 is 1.56 bits per heavy atom. The second-order valence-corrected chi connectivity index (χ2v) is 19.1. The molecule has 14 heteroatoms. The number of alkyl carbamates (subject to hydrolysis) is 1. The summed E-state index contributed by atoms with van der Waals surface area (Å²) in [6.45, 7) is 14.9. The molecule has 0 spiro atoms. The van der Waals surface area contributed by atoms with Crippen LogP contribution in [0.15, 0.2) is 116 Å². The van der Waals surface area contributed by atoms with Crippen LogP contribution in [0.4, 0.5) is 14.4 Å². The fraction of sp³-hybridized carbons (Fsp3) is 0.426. The van der Waals surface area contributed by atoms with Crippen molar-refractivity contribution < 1.29 is 38.1 Å². The average molecular weight is 929 g/mol. The summed E-state index contributed by atoms with van der Waals surface area (Å²) < 4.78 is 28.1. The van der Waals surface area contributed by atoms with Crippen LogP contribution < -0.4 is 20.5 Å². The van der Waals surface area contributed by atoms with Gasteiger partial charge in [0.15, 0.2) is 0 Å². The number of benzene rings is 3. The van der Waals surface area contributed by atoms with Crippen molar-refractivity contribution in [3.8, 4) is 33.8 Å². The predicted molar refractivity (Wildman–Crippen MR) is 263 cm³/mol. The highest BCUT2D eigenvalue weighted by Crippen LogP contribution is 2.28. The standard InChI is InChI=1S/C31H37N3O5.C23H31N3O3/c1-31(2,3)39-30(36)34-16-14-27(34)22-37-28-18-26(19-32-20-28)25-13-7-11-23(17-25)12-8-15-33-29(35)38-21-24-9-5-4-6-10-24;1-23(2,3)29-22(27)26-11-9-20(26)16-28-21-13-19(14-25-15-21)18-8-4-6-17(12-18)7-5-10-24/h4-7,9-11,13,17-20,27H,8,12,14-16,21-22H2,1-3H3,(H,33,35);4,6,8,12-15,20H,5,7,9-11,16,24H2,1-3H3/t27-;20-/m00/s1. The molecular weight excluding hydrogens is 861 g/mol. The van der Waals surface area contributed by atoms with Gasteiger partial charge < -0.3 is 44.5 Å². The summed E-state index contributed by atoms with van der Waals surface area (Å²) in [5.41, 5.74) is 12.1. The SMILES string of the molecule is CC(C)(C)OC(=O)N1CC[C@H]1COc1cncc(-c2cccc(CCCN)c2)c1.CC(C)(C)OC(=O)N1CC[C@H]1COc1cncc(-c2cccc(CCCNC(=O)OCc3ccccc3)c2)c1. The summed E-state index contributed by atoms with van der Waals surface area (Å²) in [7, 11) is 0. The molecule has 362 valence electrons. The van der Waals surface area contributed by atoms with Gasteiger partial charge >= 0.3 is 18.3 Å². The lowest BCUT2D eigenvalue weighted by Gasteiger charge is -2.41. The normalized spacial score (nSPS) is 15.4. The molecule has 7 rings (SSSR count). The number of nitrogens with zero attached hydrogens (tertiary/aromatic N) is 4. The Bertz CT molecular complexity index is 2400. The second kappa shape index (κ2) is 24.4. The van der Waals surface area contributed by atoms with Crippen LogP contribution in [0.25, 0.3) is 22.3 Å².